The highest BCUT2D eigenvalue weighted by atomic mass is 79.9. The van der Waals surface area contributed by atoms with Crippen molar-refractivity contribution in [2.45, 2.75) is 33.2 Å². The molecule has 0 radical (unpaired) electrons. The molecular weight excluding hydrogens is 271 g/mol. The van der Waals surface area contributed by atoms with Gasteiger partial charge in [0.1, 0.15) is 5.82 Å². The van der Waals surface area contributed by atoms with Crippen molar-refractivity contribution in [1.82, 2.24) is 5.43 Å². The lowest BCUT2D eigenvalue weighted by Crippen LogP contribution is -2.45. The van der Waals surface area contributed by atoms with Crippen LogP contribution >= 0.6 is 15.9 Å². The van der Waals surface area contributed by atoms with E-state index in [9.17, 15) is 4.39 Å². The summed E-state index contributed by atoms with van der Waals surface area (Å²) in [4.78, 5) is 0. The Morgan fingerprint density at radius 1 is 1.44 bits per heavy atom. The molecule has 3 N–H and O–H groups in total. The van der Waals surface area contributed by atoms with Crippen molar-refractivity contribution < 1.29 is 4.39 Å². The van der Waals surface area contributed by atoms with E-state index in [1.165, 1.54) is 12.1 Å². The molecule has 0 bridgehead atoms. The zero-order valence-electron chi connectivity index (χ0n) is 9.85. The Morgan fingerprint density at radius 3 is 2.50 bits per heavy atom. The van der Waals surface area contributed by atoms with E-state index in [1.807, 2.05) is 0 Å². The maximum Gasteiger partial charge on any atom is 0.124 e. The largest absolute Gasteiger partial charge is 0.271 e. The molecule has 0 aliphatic rings. The van der Waals surface area contributed by atoms with Crippen LogP contribution in [0.4, 0.5) is 4.39 Å². The number of benzene rings is 1. The third-order valence-electron chi connectivity index (χ3n) is 2.69. The minimum atomic E-state index is -0.233. The molecule has 0 fully saturated rings. The summed E-state index contributed by atoms with van der Waals surface area (Å²) in [5, 5.41) is 0. The highest BCUT2D eigenvalue weighted by Gasteiger charge is 2.24. The summed E-state index contributed by atoms with van der Waals surface area (Å²) < 4.78 is 13.7. The molecule has 1 atom stereocenters. The van der Waals surface area contributed by atoms with E-state index >= 15 is 0 Å². The van der Waals surface area contributed by atoms with Gasteiger partial charge in [0.25, 0.3) is 0 Å². The van der Waals surface area contributed by atoms with Crippen LogP contribution in [-0.2, 0) is 6.42 Å². The Labute approximate surface area is 105 Å². The Balaban J connectivity index is 2.86. The predicted molar refractivity (Wildman–Crippen MR) is 68.4 cm³/mol. The quantitative estimate of drug-likeness (QED) is 0.663. The third-order valence-corrected chi connectivity index (χ3v) is 3.42. The SMILES string of the molecule is CC(C)(C)C(Cc1ccc(F)cc1Br)NN. The Kier molecular flexibility index (Phi) is 4.47. The fourth-order valence-corrected chi connectivity index (χ4v) is 2.03. The molecule has 4 heteroatoms. The first-order chi connectivity index (χ1) is 7.34. The van der Waals surface area contributed by atoms with Gasteiger partial charge in [0, 0.05) is 10.5 Å². The number of nitrogens with one attached hydrogen (secondary N) is 1. The summed E-state index contributed by atoms with van der Waals surface area (Å²) in [6.45, 7) is 6.36. The number of hydrogen-bond donors (Lipinski definition) is 2. The zero-order valence-corrected chi connectivity index (χ0v) is 11.4. The maximum absolute atomic E-state index is 12.9. The molecule has 0 amide bonds. The second kappa shape index (κ2) is 5.25. The molecule has 0 spiro atoms. The fourth-order valence-electron chi connectivity index (χ4n) is 1.52. The van der Waals surface area contributed by atoms with Crippen molar-refractivity contribution in [3.8, 4) is 0 Å². The van der Waals surface area contributed by atoms with Crippen LogP contribution in [0.1, 0.15) is 26.3 Å². The highest BCUT2D eigenvalue weighted by Crippen LogP contribution is 2.26. The van der Waals surface area contributed by atoms with Crippen LogP contribution in [0.3, 0.4) is 0 Å². The maximum atomic E-state index is 12.9. The van der Waals surface area contributed by atoms with E-state index in [0.717, 1.165) is 16.5 Å². The lowest BCUT2D eigenvalue weighted by Gasteiger charge is -2.30. The second-order valence-electron chi connectivity index (χ2n) is 5.03. The topological polar surface area (TPSA) is 38.0 Å². The summed E-state index contributed by atoms with van der Waals surface area (Å²) in [6.07, 6.45) is 0.765. The van der Waals surface area contributed by atoms with Crippen molar-refractivity contribution in [1.29, 1.82) is 0 Å². The normalized spacial score (nSPS) is 13.9. The van der Waals surface area contributed by atoms with Gasteiger partial charge in [-0.15, -0.1) is 0 Å². The molecule has 0 saturated carbocycles. The number of halogens is 2. The van der Waals surface area contributed by atoms with Crippen molar-refractivity contribution in [2.24, 2.45) is 11.3 Å². The van der Waals surface area contributed by atoms with Crippen LogP contribution in [0.15, 0.2) is 22.7 Å². The van der Waals surface area contributed by atoms with Gasteiger partial charge in [-0.3, -0.25) is 11.3 Å². The van der Waals surface area contributed by atoms with Crippen LogP contribution < -0.4 is 11.3 Å². The lowest BCUT2D eigenvalue weighted by molar-refractivity contribution is 0.268. The van der Waals surface area contributed by atoms with Gasteiger partial charge >= 0.3 is 0 Å². The molecule has 2 nitrogen and oxygen atoms in total. The van der Waals surface area contributed by atoms with Gasteiger partial charge in [0.15, 0.2) is 0 Å². The average Bonchev–Trinajstić information content (AvgIpc) is 2.14. The highest BCUT2D eigenvalue weighted by molar-refractivity contribution is 9.10. The van der Waals surface area contributed by atoms with Crippen LogP contribution in [0.5, 0.6) is 0 Å². The molecule has 16 heavy (non-hydrogen) atoms. The number of hydrogen-bond acceptors (Lipinski definition) is 2. The molecule has 1 rings (SSSR count). The molecule has 0 saturated heterocycles. The lowest BCUT2D eigenvalue weighted by atomic mass is 9.83. The fraction of sp³-hybridized carbons (Fsp3) is 0.500. The van der Waals surface area contributed by atoms with Gasteiger partial charge in [-0.25, -0.2) is 4.39 Å². The smallest absolute Gasteiger partial charge is 0.124 e. The van der Waals surface area contributed by atoms with E-state index in [2.05, 4.69) is 42.1 Å². The van der Waals surface area contributed by atoms with Gasteiger partial charge < -0.3 is 0 Å². The van der Waals surface area contributed by atoms with E-state index in [-0.39, 0.29) is 17.3 Å². The summed E-state index contributed by atoms with van der Waals surface area (Å²) in [7, 11) is 0. The Bertz CT molecular complexity index is 361. The van der Waals surface area contributed by atoms with E-state index in [1.54, 1.807) is 6.07 Å². The number of nitrogens with two attached hydrogens (primary N) is 1. The molecule has 1 unspecified atom stereocenters. The Hall–Kier alpha value is -0.450. The minimum Gasteiger partial charge on any atom is -0.271 e. The molecular formula is C12H18BrFN2. The summed E-state index contributed by atoms with van der Waals surface area (Å²) >= 11 is 3.36. The standard InChI is InChI=1S/C12H18BrFN2/c1-12(2,3)11(16-15)6-8-4-5-9(14)7-10(8)13/h4-5,7,11,16H,6,15H2,1-3H3. The van der Waals surface area contributed by atoms with Crippen molar-refractivity contribution in [3.05, 3.63) is 34.1 Å². The molecule has 0 aliphatic heterocycles. The van der Waals surface area contributed by atoms with Gasteiger partial charge in [-0.2, -0.15) is 0 Å². The van der Waals surface area contributed by atoms with Gasteiger partial charge in [0.05, 0.1) is 0 Å². The summed E-state index contributed by atoms with van der Waals surface area (Å²) in [5.74, 6) is 5.31. The molecule has 90 valence electrons. The van der Waals surface area contributed by atoms with Crippen LogP contribution in [0.2, 0.25) is 0 Å². The van der Waals surface area contributed by atoms with E-state index in [4.69, 9.17) is 5.84 Å². The molecule has 0 aromatic heterocycles. The summed E-state index contributed by atoms with van der Waals surface area (Å²) in [6, 6.07) is 4.88. The molecule has 0 aliphatic carbocycles. The van der Waals surface area contributed by atoms with E-state index < -0.39 is 0 Å². The van der Waals surface area contributed by atoms with Crippen molar-refractivity contribution >= 4 is 15.9 Å². The minimum absolute atomic E-state index is 0.0581. The van der Waals surface area contributed by atoms with Crippen molar-refractivity contribution in [3.63, 3.8) is 0 Å². The Morgan fingerprint density at radius 2 is 2.06 bits per heavy atom. The molecule has 1 aromatic rings. The first-order valence-corrected chi connectivity index (χ1v) is 6.04. The molecule has 1 aromatic carbocycles. The van der Waals surface area contributed by atoms with Crippen LogP contribution in [0, 0.1) is 11.2 Å². The first-order valence-electron chi connectivity index (χ1n) is 5.24. The van der Waals surface area contributed by atoms with Gasteiger partial charge in [-0.1, -0.05) is 42.8 Å². The zero-order chi connectivity index (χ0) is 12.3. The average molecular weight is 289 g/mol. The predicted octanol–water partition coefficient (Wildman–Crippen LogP) is 3.01. The monoisotopic (exact) mass is 288 g/mol. The van der Waals surface area contributed by atoms with Gasteiger partial charge in [-0.05, 0) is 29.5 Å². The number of hydrazine groups is 1. The second-order valence-corrected chi connectivity index (χ2v) is 5.88. The van der Waals surface area contributed by atoms with Crippen LogP contribution in [-0.4, -0.2) is 6.04 Å². The van der Waals surface area contributed by atoms with Gasteiger partial charge in [0.2, 0.25) is 0 Å². The van der Waals surface area contributed by atoms with Crippen LogP contribution in [0.25, 0.3) is 0 Å². The first kappa shape index (κ1) is 13.6. The summed E-state index contributed by atoms with van der Waals surface area (Å²) in [5.41, 5.74) is 3.93. The van der Waals surface area contributed by atoms with Crippen molar-refractivity contribution in [2.75, 3.05) is 0 Å². The molecule has 0 heterocycles. The third kappa shape index (κ3) is 3.54. The van der Waals surface area contributed by atoms with E-state index in [0.29, 0.717) is 0 Å². The number of rotatable bonds is 3.